The van der Waals surface area contributed by atoms with Crippen molar-refractivity contribution in [3.8, 4) is 0 Å². The Morgan fingerprint density at radius 3 is 1.69 bits per heavy atom. The van der Waals surface area contributed by atoms with Crippen LogP contribution in [-0.4, -0.2) is 16.9 Å². The van der Waals surface area contributed by atoms with Gasteiger partial charge < -0.3 is 5.11 Å². The highest BCUT2D eigenvalue weighted by atomic mass is 31.2. The minimum absolute atomic E-state index is 0.323. The fourth-order valence-electron chi connectivity index (χ4n) is 3.25. The third-order valence-electron chi connectivity index (χ3n) is 4.54. The quantitative estimate of drug-likeness (QED) is 0.665. The normalized spacial score (nSPS) is 11.1. The Hall–Kier alpha value is -2.57. The maximum absolute atomic E-state index is 11.3. The van der Waals surface area contributed by atoms with Crippen molar-refractivity contribution in [1.29, 1.82) is 0 Å². The lowest BCUT2D eigenvalue weighted by molar-refractivity contribution is 0.0697. The van der Waals surface area contributed by atoms with E-state index in [9.17, 15) is 9.90 Å². The summed E-state index contributed by atoms with van der Waals surface area (Å²) in [6, 6.07) is 28.6. The molecule has 0 aliphatic carbocycles. The van der Waals surface area contributed by atoms with Crippen molar-refractivity contribution in [3.63, 3.8) is 0 Å². The van der Waals surface area contributed by atoms with Crippen LogP contribution in [0, 0.1) is 0 Å². The van der Waals surface area contributed by atoms with Crippen LogP contribution in [0.25, 0.3) is 0 Å². The predicted molar refractivity (Wildman–Crippen MR) is 113 cm³/mol. The molecular formula is C23H23O2P. The van der Waals surface area contributed by atoms with E-state index >= 15 is 0 Å². The third-order valence-corrected chi connectivity index (χ3v) is 8.68. The number of carbonyl (C=O) groups is 1. The van der Waals surface area contributed by atoms with Gasteiger partial charge in [0.15, 0.2) is 0 Å². The van der Waals surface area contributed by atoms with E-state index in [0.29, 0.717) is 5.56 Å². The molecule has 0 atom stereocenters. The number of hydrogen-bond acceptors (Lipinski definition) is 1. The highest BCUT2D eigenvalue weighted by Gasteiger charge is 2.24. The smallest absolute Gasteiger partial charge is 0.335 e. The van der Waals surface area contributed by atoms with E-state index in [2.05, 4.69) is 61.3 Å². The largest absolute Gasteiger partial charge is 0.478 e. The molecule has 26 heavy (non-hydrogen) atoms. The predicted octanol–water partition coefficient (Wildman–Crippen LogP) is 4.28. The first-order chi connectivity index (χ1) is 12.7. The molecule has 0 unspecified atom stereocenters. The Morgan fingerprint density at radius 1 is 0.808 bits per heavy atom. The van der Waals surface area contributed by atoms with Gasteiger partial charge in [-0.25, -0.2) is 4.79 Å². The molecule has 2 nitrogen and oxygen atoms in total. The van der Waals surface area contributed by atoms with E-state index in [-0.39, 0.29) is 0 Å². The van der Waals surface area contributed by atoms with E-state index in [1.54, 1.807) is 12.1 Å². The van der Waals surface area contributed by atoms with Crippen LogP contribution in [0.2, 0.25) is 0 Å². The first-order valence-electron chi connectivity index (χ1n) is 8.86. The lowest BCUT2D eigenvalue weighted by Crippen LogP contribution is -2.27. The van der Waals surface area contributed by atoms with Crippen LogP contribution in [-0.2, 0) is 0 Å². The van der Waals surface area contributed by atoms with Crippen molar-refractivity contribution in [2.24, 2.45) is 0 Å². The summed E-state index contributed by atoms with van der Waals surface area (Å²) in [5, 5.41) is 13.0. The first kappa shape index (κ1) is 18.2. The van der Waals surface area contributed by atoms with Gasteiger partial charge in [-0.15, -0.1) is 0 Å². The van der Waals surface area contributed by atoms with Gasteiger partial charge in [0.25, 0.3) is 0 Å². The molecule has 0 heterocycles. The lowest BCUT2D eigenvalue weighted by atomic mass is 10.2. The van der Waals surface area contributed by atoms with Crippen LogP contribution in [0.1, 0.15) is 30.1 Å². The molecule has 3 rings (SSSR count). The number of carboxylic acids is 1. The zero-order valence-electron chi connectivity index (χ0n) is 14.9. The Labute approximate surface area is 155 Å². The molecule has 0 amide bonds. The highest BCUT2D eigenvalue weighted by Crippen LogP contribution is 2.44. The Morgan fingerprint density at radius 2 is 1.27 bits per heavy atom. The summed E-state index contributed by atoms with van der Waals surface area (Å²) in [6.07, 6.45) is 2.09. The van der Waals surface area contributed by atoms with Crippen LogP contribution in [0.15, 0.2) is 84.9 Å². The molecule has 1 N–H and O–H groups in total. The summed E-state index contributed by atoms with van der Waals surface area (Å²) in [7, 11) is 0. The number of carboxylic acid groups (broad SMARTS) is 1. The standard InChI is InChI=1S/C23H23O2P/c1-2-3-18-26(20-10-6-4-7-11-20,21-12-8-5-9-13-21)22-16-14-19(15-17-22)23(24)25/h4-18H,2-3H2,1H3,(H,24,25). The molecule has 0 spiro atoms. The molecule has 3 heteroatoms. The summed E-state index contributed by atoms with van der Waals surface area (Å²) in [4.78, 5) is 11.3. The van der Waals surface area contributed by atoms with Gasteiger partial charge in [0.1, 0.15) is 0 Å². The van der Waals surface area contributed by atoms with E-state index in [4.69, 9.17) is 0 Å². The summed E-state index contributed by atoms with van der Waals surface area (Å²) in [5.74, 6) is 1.57. The van der Waals surface area contributed by atoms with Crippen molar-refractivity contribution in [2.45, 2.75) is 19.8 Å². The van der Waals surface area contributed by atoms with E-state index in [1.807, 2.05) is 24.3 Å². The van der Waals surface area contributed by atoms with Gasteiger partial charge in [0.2, 0.25) is 0 Å². The molecule has 0 radical (unpaired) electrons. The maximum atomic E-state index is 11.3. The van der Waals surface area contributed by atoms with E-state index in [1.165, 1.54) is 15.9 Å². The van der Waals surface area contributed by atoms with Crippen molar-refractivity contribution < 1.29 is 9.90 Å². The van der Waals surface area contributed by atoms with Gasteiger partial charge in [-0.2, -0.15) is 0 Å². The Kier molecular flexibility index (Phi) is 5.75. The molecule has 0 saturated carbocycles. The minimum Gasteiger partial charge on any atom is -0.478 e. The molecule has 0 saturated heterocycles. The molecular weight excluding hydrogens is 339 g/mol. The average molecular weight is 362 g/mol. The second-order valence-electron chi connectivity index (χ2n) is 6.22. The minimum atomic E-state index is -1.94. The molecule has 0 aliphatic rings. The molecule has 0 fully saturated rings. The second kappa shape index (κ2) is 8.21. The highest BCUT2D eigenvalue weighted by molar-refractivity contribution is 7.94. The maximum Gasteiger partial charge on any atom is 0.335 e. The summed E-state index contributed by atoms with van der Waals surface area (Å²) < 4.78 is 0. The first-order valence-corrected chi connectivity index (χ1v) is 10.7. The average Bonchev–Trinajstić information content (AvgIpc) is 2.70. The molecule has 0 aliphatic heterocycles. The van der Waals surface area contributed by atoms with Crippen molar-refractivity contribution in [1.82, 2.24) is 0 Å². The lowest BCUT2D eigenvalue weighted by Gasteiger charge is -2.29. The number of hydrogen-bond donors (Lipinski definition) is 1. The zero-order chi connectivity index (χ0) is 18.4. The topological polar surface area (TPSA) is 37.3 Å². The third kappa shape index (κ3) is 3.52. The van der Waals surface area contributed by atoms with E-state index < -0.39 is 12.9 Å². The van der Waals surface area contributed by atoms with Crippen molar-refractivity contribution >= 4 is 34.6 Å². The monoisotopic (exact) mass is 362 g/mol. The van der Waals surface area contributed by atoms with Crippen LogP contribution in [0.4, 0.5) is 0 Å². The van der Waals surface area contributed by atoms with Crippen LogP contribution in [0.3, 0.4) is 0 Å². The van der Waals surface area contributed by atoms with Crippen molar-refractivity contribution in [3.05, 3.63) is 90.5 Å². The summed E-state index contributed by atoms with van der Waals surface area (Å²) in [5.41, 5.74) is 0.323. The van der Waals surface area contributed by atoms with Crippen LogP contribution < -0.4 is 15.9 Å². The van der Waals surface area contributed by atoms with Crippen molar-refractivity contribution in [2.75, 3.05) is 0 Å². The van der Waals surface area contributed by atoms with Gasteiger partial charge in [0.05, 0.1) is 5.56 Å². The molecule has 3 aromatic rings. The van der Waals surface area contributed by atoms with E-state index in [0.717, 1.165) is 12.8 Å². The number of rotatable bonds is 6. The van der Waals surface area contributed by atoms with Gasteiger partial charge in [0, 0.05) is 0 Å². The van der Waals surface area contributed by atoms with Gasteiger partial charge in [-0.05, 0) is 41.4 Å². The SMILES string of the molecule is CCCC=P(c1ccccc1)(c1ccccc1)c1ccc(C(=O)O)cc1. The second-order valence-corrected chi connectivity index (χ2v) is 9.58. The fraction of sp³-hybridized carbons (Fsp3) is 0.130. The van der Waals surface area contributed by atoms with Gasteiger partial charge in [-0.1, -0.05) is 91.9 Å². The number of benzene rings is 3. The molecule has 3 aromatic carbocycles. The summed E-state index contributed by atoms with van der Waals surface area (Å²) in [6.45, 7) is 0.251. The van der Waals surface area contributed by atoms with Gasteiger partial charge >= 0.3 is 5.97 Å². The molecule has 0 aromatic heterocycles. The summed E-state index contributed by atoms with van der Waals surface area (Å²) >= 11 is 0. The number of unbranched alkanes of at least 4 members (excludes halogenated alkanes) is 1. The Balaban J connectivity index is 2.32. The van der Waals surface area contributed by atoms with Crippen LogP contribution >= 0.6 is 6.89 Å². The van der Waals surface area contributed by atoms with Crippen LogP contribution in [0.5, 0.6) is 0 Å². The number of aromatic carboxylic acids is 1. The zero-order valence-corrected chi connectivity index (χ0v) is 15.8. The van der Waals surface area contributed by atoms with Gasteiger partial charge in [-0.3, -0.25) is 0 Å². The Bertz CT molecular complexity index is 870. The fourth-order valence-corrected chi connectivity index (χ4v) is 7.33. The molecule has 0 bridgehead atoms. The molecule has 132 valence electrons.